The molecule has 0 radical (unpaired) electrons. The Morgan fingerprint density at radius 3 is 2.67 bits per heavy atom. The van der Waals surface area contributed by atoms with E-state index in [-0.39, 0.29) is 11.5 Å². The quantitative estimate of drug-likeness (QED) is 0.626. The van der Waals surface area contributed by atoms with E-state index in [1.54, 1.807) is 0 Å². The molecule has 1 saturated carbocycles. The van der Waals surface area contributed by atoms with Gasteiger partial charge in [-0.05, 0) is 24.8 Å². The molecule has 0 saturated heterocycles. The number of benzene rings is 1. The van der Waals surface area contributed by atoms with E-state index in [2.05, 4.69) is 0 Å². The first-order valence-corrected chi connectivity index (χ1v) is 5.71. The Balaban J connectivity index is 2.48. The van der Waals surface area contributed by atoms with Gasteiger partial charge in [-0.2, -0.15) is 5.26 Å². The zero-order valence-corrected chi connectivity index (χ0v) is 9.67. The van der Waals surface area contributed by atoms with Crippen LogP contribution in [0.1, 0.15) is 36.4 Å². The highest BCUT2D eigenvalue weighted by Crippen LogP contribution is 2.42. The molecule has 1 aliphatic rings. The van der Waals surface area contributed by atoms with Crippen molar-refractivity contribution in [3.8, 4) is 11.8 Å². The van der Waals surface area contributed by atoms with Crippen molar-refractivity contribution in [3.05, 3.63) is 33.4 Å². The highest BCUT2D eigenvalue weighted by atomic mass is 16.6. The fraction of sp³-hybridized carbons (Fsp3) is 0.417. The van der Waals surface area contributed by atoms with E-state index in [1.165, 1.54) is 6.07 Å². The molecule has 0 heterocycles. The second kappa shape index (κ2) is 4.63. The minimum absolute atomic E-state index is 0.143. The molecular weight excluding hydrogens is 234 g/mol. The van der Waals surface area contributed by atoms with Gasteiger partial charge >= 0.3 is 5.69 Å². The van der Waals surface area contributed by atoms with Gasteiger partial charge in [0.25, 0.3) is 0 Å². The third-order valence-corrected chi connectivity index (χ3v) is 3.46. The number of nitrogens with two attached hydrogens (primary N) is 1. The number of nitro benzene ring substituents is 1. The smallest absolute Gasteiger partial charge is 0.312 e. The Hall–Kier alpha value is -2.13. The highest BCUT2D eigenvalue weighted by molar-refractivity contribution is 5.57. The number of hydrogen-bond acceptors (Lipinski definition) is 5. The lowest BCUT2D eigenvalue weighted by atomic mass is 9.77. The normalized spacial score (nSPS) is 16.7. The van der Waals surface area contributed by atoms with Crippen LogP contribution in [0.5, 0.6) is 5.75 Å². The molecule has 1 fully saturated rings. The van der Waals surface area contributed by atoms with Gasteiger partial charge in [-0.1, -0.05) is 6.42 Å². The standard InChI is InChI=1S/C12H13N3O3/c13-6-7-4-9(11(14)8-2-1-3-8)12(16)10(5-7)15(17)18/h4-5,8,11,16H,1-3,14H2/t11-/m0/s1. The van der Waals surface area contributed by atoms with Crippen molar-refractivity contribution in [1.82, 2.24) is 0 Å². The zero-order valence-electron chi connectivity index (χ0n) is 9.67. The van der Waals surface area contributed by atoms with Crippen LogP contribution in [0.3, 0.4) is 0 Å². The molecule has 6 nitrogen and oxygen atoms in total. The molecule has 0 spiro atoms. The first kappa shape index (κ1) is 12.3. The predicted molar refractivity (Wildman–Crippen MR) is 63.7 cm³/mol. The number of nitrogens with zero attached hydrogens (tertiary/aromatic N) is 2. The predicted octanol–water partition coefficient (Wildman–Crippen LogP) is 1.97. The average molecular weight is 247 g/mol. The average Bonchev–Trinajstić information content (AvgIpc) is 2.26. The van der Waals surface area contributed by atoms with Crippen LogP contribution in [0.15, 0.2) is 12.1 Å². The fourth-order valence-corrected chi connectivity index (χ4v) is 2.15. The van der Waals surface area contributed by atoms with Crippen LogP contribution >= 0.6 is 0 Å². The maximum absolute atomic E-state index is 10.8. The minimum atomic E-state index is -0.701. The lowest BCUT2D eigenvalue weighted by Crippen LogP contribution is -2.27. The van der Waals surface area contributed by atoms with Gasteiger partial charge in [0.05, 0.1) is 16.6 Å². The molecule has 1 aromatic rings. The highest BCUT2D eigenvalue weighted by Gasteiger charge is 2.30. The van der Waals surface area contributed by atoms with E-state index < -0.39 is 22.4 Å². The summed E-state index contributed by atoms with van der Waals surface area (Å²) in [5, 5.41) is 29.6. The van der Waals surface area contributed by atoms with E-state index in [4.69, 9.17) is 11.0 Å². The number of phenols is 1. The summed E-state index contributed by atoms with van der Waals surface area (Å²) in [6, 6.07) is 3.89. The second-order valence-corrected chi connectivity index (χ2v) is 4.52. The van der Waals surface area contributed by atoms with Crippen LogP contribution in [0.2, 0.25) is 0 Å². The SMILES string of the molecule is N#Cc1cc([C@@H](N)C2CCC2)c(O)c([N+](=O)[O-])c1. The molecule has 1 atom stereocenters. The van der Waals surface area contributed by atoms with Crippen LogP contribution in [0.25, 0.3) is 0 Å². The molecule has 0 amide bonds. The number of rotatable bonds is 3. The molecule has 94 valence electrons. The summed E-state index contributed by atoms with van der Waals surface area (Å²) in [5.74, 6) is -0.192. The van der Waals surface area contributed by atoms with Gasteiger partial charge in [0.1, 0.15) is 0 Å². The second-order valence-electron chi connectivity index (χ2n) is 4.52. The third-order valence-electron chi connectivity index (χ3n) is 3.46. The molecule has 0 aliphatic heterocycles. The van der Waals surface area contributed by atoms with Crippen molar-refractivity contribution < 1.29 is 10.0 Å². The van der Waals surface area contributed by atoms with E-state index in [0.717, 1.165) is 25.3 Å². The van der Waals surface area contributed by atoms with Crippen molar-refractivity contribution in [2.45, 2.75) is 25.3 Å². The van der Waals surface area contributed by atoms with E-state index in [0.29, 0.717) is 5.56 Å². The van der Waals surface area contributed by atoms with Crippen LogP contribution in [-0.4, -0.2) is 10.0 Å². The van der Waals surface area contributed by atoms with Crippen molar-refractivity contribution in [3.63, 3.8) is 0 Å². The fourth-order valence-electron chi connectivity index (χ4n) is 2.15. The van der Waals surface area contributed by atoms with Gasteiger partial charge in [-0.25, -0.2) is 0 Å². The van der Waals surface area contributed by atoms with Gasteiger partial charge in [0, 0.05) is 17.7 Å². The molecule has 1 aromatic carbocycles. The van der Waals surface area contributed by atoms with E-state index >= 15 is 0 Å². The van der Waals surface area contributed by atoms with Crippen molar-refractivity contribution in [2.75, 3.05) is 0 Å². The summed E-state index contributed by atoms with van der Waals surface area (Å²) in [7, 11) is 0. The Kier molecular flexibility index (Phi) is 3.17. The van der Waals surface area contributed by atoms with Gasteiger partial charge in [0.2, 0.25) is 0 Å². The summed E-state index contributed by atoms with van der Waals surface area (Å²) in [4.78, 5) is 10.1. The lowest BCUT2D eigenvalue weighted by Gasteiger charge is -2.31. The summed E-state index contributed by atoms with van der Waals surface area (Å²) in [6.45, 7) is 0. The number of aromatic hydroxyl groups is 1. The number of nitriles is 1. The Labute approximate surface area is 104 Å². The maximum atomic E-state index is 10.8. The summed E-state index contributed by atoms with van der Waals surface area (Å²) in [6.07, 6.45) is 2.98. The first-order chi connectivity index (χ1) is 8.54. The van der Waals surface area contributed by atoms with Crippen LogP contribution < -0.4 is 5.73 Å². The number of phenolic OH excluding ortho intramolecular Hbond substituents is 1. The van der Waals surface area contributed by atoms with Crippen LogP contribution in [-0.2, 0) is 0 Å². The Bertz CT molecular complexity index is 532. The van der Waals surface area contributed by atoms with Gasteiger partial charge in [-0.3, -0.25) is 10.1 Å². The summed E-state index contributed by atoms with van der Waals surface area (Å²) >= 11 is 0. The monoisotopic (exact) mass is 247 g/mol. The molecule has 1 aliphatic carbocycles. The molecule has 0 unspecified atom stereocenters. The van der Waals surface area contributed by atoms with Crippen molar-refractivity contribution in [2.24, 2.45) is 11.7 Å². The van der Waals surface area contributed by atoms with Crippen LogP contribution in [0, 0.1) is 27.4 Å². The van der Waals surface area contributed by atoms with E-state index in [1.807, 2.05) is 6.07 Å². The zero-order chi connectivity index (χ0) is 13.3. The number of nitro groups is 1. The molecule has 0 bridgehead atoms. The van der Waals surface area contributed by atoms with E-state index in [9.17, 15) is 15.2 Å². The first-order valence-electron chi connectivity index (χ1n) is 5.71. The van der Waals surface area contributed by atoms with Gasteiger partial charge < -0.3 is 10.8 Å². The molecule has 0 aromatic heterocycles. The summed E-state index contributed by atoms with van der Waals surface area (Å²) in [5.41, 5.74) is 5.98. The van der Waals surface area contributed by atoms with Crippen molar-refractivity contribution in [1.29, 1.82) is 5.26 Å². The molecular formula is C12H13N3O3. The maximum Gasteiger partial charge on any atom is 0.312 e. The Morgan fingerprint density at radius 1 is 1.56 bits per heavy atom. The van der Waals surface area contributed by atoms with Gasteiger partial charge in [-0.15, -0.1) is 0 Å². The number of hydrogen-bond donors (Lipinski definition) is 2. The lowest BCUT2D eigenvalue weighted by molar-refractivity contribution is -0.386. The van der Waals surface area contributed by atoms with Crippen LogP contribution in [0.4, 0.5) is 5.69 Å². The van der Waals surface area contributed by atoms with Crippen molar-refractivity contribution >= 4 is 5.69 Å². The molecule has 2 rings (SSSR count). The minimum Gasteiger partial charge on any atom is -0.502 e. The van der Waals surface area contributed by atoms with Gasteiger partial charge in [0.15, 0.2) is 5.75 Å². The largest absolute Gasteiger partial charge is 0.502 e. The molecule has 6 heteroatoms. The topological polar surface area (TPSA) is 113 Å². The third kappa shape index (κ3) is 2.00. The summed E-state index contributed by atoms with van der Waals surface area (Å²) < 4.78 is 0. The molecule has 18 heavy (non-hydrogen) atoms. The molecule has 3 N–H and O–H groups in total. The Morgan fingerprint density at radius 2 is 2.22 bits per heavy atom.